The highest BCUT2D eigenvalue weighted by Crippen LogP contribution is 2.51. The van der Waals surface area contributed by atoms with Crippen LogP contribution in [0.15, 0.2) is 15.8 Å². The van der Waals surface area contributed by atoms with Crippen LogP contribution in [0.25, 0.3) is 0 Å². The van der Waals surface area contributed by atoms with Gasteiger partial charge in [0.05, 0.1) is 35.6 Å². The summed E-state index contributed by atoms with van der Waals surface area (Å²) < 4.78 is 48.7. The number of aliphatic hydroxyl groups is 1. The highest BCUT2D eigenvalue weighted by Gasteiger charge is 2.42. The van der Waals surface area contributed by atoms with Crippen LogP contribution in [-0.4, -0.2) is 86.1 Å². The van der Waals surface area contributed by atoms with Crippen molar-refractivity contribution in [2.75, 3.05) is 33.2 Å². The van der Waals surface area contributed by atoms with Crippen LogP contribution in [0.1, 0.15) is 26.0 Å². The average molecular weight is 664 g/mol. The molecule has 0 aliphatic carbocycles. The molecule has 2 radical (unpaired) electrons. The van der Waals surface area contributed by atoms with Gasteiger partial charge in [0, 0.05) is 32.0 Å². The Morgan fingerprint density at radius 1 is 1.23 bits per heavy atom. The highest BCUT2D eigenvalue weighted by molar-refractivity contribution is 14.1. The Morgan fingerprint density at radius 3 is 2.57 bits per heavy atom. The van der Waals surface area contributed by atoms with Crippen molar-refractivity contribution in [1.82, 2.24) is 9.55 Å². The second kappa shape index (κ2) is 12.3. The summed E-state index contributed by atoms with van der Waals surface area (Å²) in [6.07, 6.45) is -1.84. The Balaban J connectivity index is 1.63. The van der Waals surface area contributed by atoms with Gasteiger partial charge in [-0.3, -0.25) is 18.9 Å². The van der Waals surface area contributed by atoms with E-state index >= 15 is 0 Å². The number of nitrogens with zero attached hydrogens (tertiary/aromatic N) is 1. The summed E-state index contributed by atoms with van der Waals surface area (Å²) in [4.78, 5) is 26.0. The number of aliphatic hydroxyl groups excluding tert-OH is 1. The molecule has 2 N–H and O–H groups in total. The van der Waals surface area contributed by atoms with Gasteiger partial charge in [0.1, 0.15) is 26.3 Å². The van der Waals surface area contributed by atoms with Gasteiger partial charge >= 0.3 is 13.3 Å². The molecule has 35 heavy (non-hydrogen) atoms. The van der Waals surface area contributed by atoms with E-state index in [0.717, 1.165) is 0 Å². The Hall–Kier alpha value is 0.0749. The maximum Gasteiger partial charge on any atom is 0.330 e. The molecule has 8 unspecified atom stereocenters. The van der Waals surface area contributed by atoms with E-state index in [1.807, 2.05) is 6.92 Å². The van der Waals surface area contributed by atoms with Crippen LogP contribution in [0.4, 0.5) is 0 Å². The van der Waals surface area contributed by atoms with Gasteiger partial charge in [-0.15, -0.1) is 0 Å². The number of nitrogens with one attached hydrogen (secondary N) is 1. The number of H-pyrrole nitrogens is 1. The molecule has 3 heterocycles. The zero-order valence-corrected chi connectivity index (χ0v) is 24.2. The van der Waals surface area contributed by atoms with Crippen molar-refractivity contribution < 1.29 is 37.2 Å². The van der Waals surface area contributed by atoms with Crippen LogP contribution in [0.3, 0.4) is 0 Å². The predicted octanol–water partition coefficient (Wildman–Crippen LogP) is 1.29. The number of aromatic amines is 1. The minimum Gasteiger partial charge on any atom is -0.394 e. The first-order chi connectivity index (χ1) is 16.3. The maximum absolute atomic E-state index is 13.1. The van der Waals surface area contributed by atoms with E-state index in [1.54, 1.807) is 29.3 Å². The first-order valence-electron chi connectivity index (χ1n) is 10.8. The molecule has 0 saturated carbocycles. The molecule has 0 bridgehead atoms. The van der Waals surface area contributed by atoms with Crippen molar-refractivity contribution >= 4 is 56.3 Å². The van der Waals surface area contributed by atoms with Crippen molar-refractivity contribution in [1.29, 1.82) is 0 Å². The molecule has 0 amide bonds. The third kappa shape index (κ3) is 8.03. The number of ether oxygens (including phenoxy) is 2. The SMILES string of the molecule is [B]C1CC(OP(C)(=S)OCC)C(COP(C)(=O)OC2CC(n3cc(I)c(=O)[nH]c3=O)OC2CO)O1. The normalized spacial score (nSPS) is 32.4. The number of halogens is 1. The Kier molecular flexibility index (Phi) is 10.4. The monoisotopic (exact) mass is 664 g/mol. The molecule has 1 aromatic rings. The Bertz CT molecular complexity index is 1110. The average Bonchev–Trinajstić information content (AvgIpc) is 3.30. The number of hydrogen-bond acceptors (Lipinski definition) is 11. The fourth-order valence-electron chi connectivity index (χ4n) is 3.82. The van der Waals surface area contributed by atoms with Gasteiger partial charge < -0.3 is 32.7 Å². The van der Waals surface area contributed by atoms with E-state index in [2.05, 4.69) is 4.98 Å². The Morgan fingerprint density at radius 2 is 1.91 bits per heavy atom. The van der Waals surface area contributed by atoms with Crippen LogP contribution < -0.4 is 11.2 Å². The highest BCUT2D eigenvalue weighted by atomic mass is 127. The standard InChI is InChI=1S/C18H28BIN2O10P2S/c1-4-27-34(3,35)32-11-5-15(19)29-14(11)9-28-33(2,26)31-12-6-16(30-13(12)8-23)22-7-10(20)17(24)21-18(22)25/h7,11-16,23H,4-6,8-9H2,1-3H3,(H,21,24,25). The smallest absolute Gasteiger partial charge is 0.330 e. The van der Waals surface area contributed by atoms with Crippen molar-refractivity contribution in [3.63, 3.8) is 0 Å². The van der Waals surface area contributed by atoms with Crippen molar-refractivity contribution in [3.8, 4) is 0 Å². The van der Waals surface area contributed by atoms with Gasteiger partial charge in [-0.1, -0.05) is 0 Å². The fraction of sp³-hybridized carbons (Fsp3) is 0.778. The molecule has 12 nitrogen and oxygen atoms in total. The largest absolute Gasteiger partial charge is 0.394 e. The molecule has 8 atom stereocenters. The van der Waals surface area contributed by atoms with E-state index < -0.39 is 68.6 Å². The quantitative estimate of drug-likeness (QED) is 0.201. The van der Waals surface area contributed by atoms with E-state index in [-0.39, 0.29) is 16.6 Å². The van der Waals surface area contributed by atoms with Gasteiger partial charge in [-0.2, -0.15) is 0 Å². The number of hydrogen-bond donors (Lipinski definition) is 2. The molecule has 2 aliphatic rings. The van der Waals surface area contributed by atoms with Crippen molar-refractivity contribution in [3.05, 3.63) is 30.6 Å². The van der Waals surface area contributed by atoms with E-state index in [1.165, 1.54) is 17.4 Å². The van der Waals surface area contributed by atoms with Crippen molar-refractivity contribution in [2.45, 2.75) is 56.4 Å². The van der Waals surface area contributed by atoms with Gasteiger partial charge in [0.15, 0.2) is 6.49 Å². The number of aromatic nitrogens is 2. The molecule has 2 saturated heterocycles. The van der Waals surface area contributed by atoms with Gasteiger partial charge in [0.25, 0.3) is 5.56 Å². The lowest BCUT2D eigenvalue weighted by molar-refractivity contribution is -0.0453. The molecule has 17 heteroatoms. The van der Waals surface area contributed by atoms with E-state index in [0.29, 0.717) is 13.0 Å². The maximum atomic E-state index is 13.1. The van der Waals surface area contributed by atoms with Crippen molar-refractivity contribution in [2.24, 2.45) is 0 Å². The lowest BCUT2D eigenvalue weighted by atomic mass is 9.96. The first-order valence-corrected chi connectivity index (χ1v) is 17.0. The first kappa shape index (κ1) is 29.6. The summed E-state index contributed by atoms with van der Waals surface area (Å²) in [5.74, 6) is 0. The fourth-order valence-corrected chi connectivity index (χ4v) is 7.34. The molecule has 0 aromatic carbocycles. The van der Waals surface area contributed by atoms with E-state index in [4.69, 9.17) is 47.2 Å². The predicted molar refractivity (Wildman–Crippen MR) is 140 cm³/mol. The summed E-state index contributed by atoms with van der Waals surface area (Å²) in [6, 6.07) is -0.594. The summed E-state index contributed by atoms with van der Waals surface area (Å²) in [6.45, 7) is 2.15. The van der Waals surface area contributed by atoms with Gasteiger partial charge in [-0.25, -0.2) is 4.79 Å². The zero-order chi connectivity index (χ0) is 26.0. The Labute approximate surface area is 222 Å². The molecule has 2 fully saturated rings. The second-order valence-corrected chi connectivity index (χ2v) is 15.4. The van der Waals surface area contributed by atoms with Gasteiger partial charge in [-0.05, 0) is 47.7 Å². The second-order valence-electron chi connectivity index (χ2n) is 8.18. The molecule has 2 aliphatic heterocycles. The summed E-state index contributed by atoms with van der Waals surface area (Å²) in [5.41, 5.74) is -1.18. The number of rotatable bonds is 11. The van der Waals surface area contributed by atoms with Crippen LogP contribution in [0.5, 0.6) is 0 Å². The summed E-state index contributed by atoms with van der Waals surface area (Å²) in [7, 11) is 2.24. The summed E-state index contributed by atoms with van der Waals surface area (Å²) in [5, 5.41) is 9.73. The minimum atomic E-state index is -3.66. The van der Waals surface area contributed by atoms with Crippen LogP contribution in [0, 0.1) is 3.57 Å². The molecular weight excluding hydrogens is 636 g/mol. The van der Waals surface area contributed by atoms with E-state index in [9.17, 15) is 19.3 Å². The lowest BCUT2D eigenvalue weighted by Crippen LogP contribution is -2.33. The van der Waals surface area contributed by atoms with Crippen LogP contribution in [-0.2, 0) is 43.9 Å². The minimum absolute atomic E-state index is 0.0954. The lowest BCUT2D eigenvalue weighted by Gasteiger charge is -2.26. The molecular formula is C18H28BIN2O10P2S. The van der Waals surface area contributed by atoms with Crippen LogP contribution in [0.2, 0.25) is 0 Å². The zero-order valence-electron chi connectivity index (χ0n) is 19.4. The van der Waals surface area contributed by atoms with Gasteiger partial charge in [0.2, 0.25) is 0 Å². The molecule has 3 rings (SSSR count). The molecule has 196 valence electrons. The molecule has 1 aromatic heterocycles. The van der Waals surface area contributed by atoms with Crippen LogP contribution >= 0.6 is 36.7 Å². The molecule has 0 spiro atoms. The topological polar surface area (TPSA) is 148 Å². The summed E-state index contributed by atoms with van der Waals surface area (Å²) >= 11 is 7.19. The third-order valence-electron chi connectivity index (χ3n) is 5.31. The third-order valence-corrected chi connectivity index (χ3v) is 9.31.